The fraction of sp³-hybridized carbons (Fsp3) is 0.118. The van der Waals surface area contributed by atoms with Crippen LogP contribution in [-0.4, -0.2) is 4.57 Å². The molecule has 2 nitrogen and oxygen atoms in total. The van der Waals surface area contributed by atoms with E-state index in [0.29, 0.717) is 0 Å². The van der Waals surface area contributed by atoms with Crippen LogP contribution in [0.3, 0.4) is 0 Å². The van der Waals surface area contributed by atoms with E-state index in [-0.39, 0.29) is 0 Å². The molecule has 0 fully saturated rings. The largest absolute Gasteiger partial charge is 0.281 e. The fourth-order valence-corrected chi connectivity index (χ4v) is 2.46. The Balaban J connectivity index is 2.09. The van der Waals surface area contributed by atoms with Gasteiger partial charge in [0.15, 0.2) is 11.0 Å². The quantitative estimate of drug-likeness (QED) is 0.617. The highest BCUT2D eigenvalue weighted by Crippen LogP contribution is 2.14. The number of para-hydroxylation sites is 2. The van der Waals surface area contributed by atoms with Gasteiger partial charge in [-0.25, -0.2) is 9.13 Å². The molecule has 0 amide bonds. The van der Waals surface area contributed by atoms with E-state index in [1.54, 1.807) is 0 Å². The number of hydrogen-bond acceptors (Lipinski definition) is 0. The van der Waals surface area contributed by atoms with Crippen LogP contribution in [0.5, 0.6) is 0 Å². The molecule has 1 heterocycles. The summed E-state index contributed by atoms with van der Waals surface area (Å²) in [6, 6.07) is 18.8. The van der Waals surface area contributed by atoms with Crippen LogP contribution in [0.1, 0.15) is 11.4 Å². The number of aromatic nitrogens is 2. The first kappa shape index (κ1) is 11.7. The van der Waals surface area contributed by atoms with Gasteiger partial charge in [-0.3, -0.25) is 0 Å². The summed E-state index contributed by atoms with van der Waals surface area (Å²) in [6.07, 6.45) is 4.31. The van der Waals surface area contributed by atoms with Gasteiger partial charge in [0.1, 0.15) is 0 Å². The summed E-state index contributed by atoms with van der Waals surface area (Å²) in [7, 11) is 4.21. The lowest BCUT2D eigenvalue weighted by Gasteiger charge is -1.93. The van der Waals surface area contributed by atoms with Gasteiger partial charge in [-0.05, 0) is 23.8 Å². The zero-order valence-corrected chi connectivity index (χ0v) is 11.2. The molecule has 0 saturated carbocycles. The average Bonchev–Trinajstić information content (AvgIpc) is 2.71. The van der Waals surface area contributed by atoms with E-state index in [9.17, 15) is 0 Å². The number of aryl methyl sites for hydroxylation is 2. The number of nitrogens with zero attached hydrogens (tertiary/aromatic N) is 2. The summed E-state index contributed by atoms with van der Waals surface area (Å²) in [5.74, 6) is 1.19. The Labute approximate surface area is 113 Å². The summed E-state index contributed by atoms with van der Waals surface area (Å²) < 4.78 is 4.43. The molecule has 0 bridgehead atoms. The van der Waals surface area contributed by atoms with Crippen molar-refractivity contribution in [1.82, 2.24) is 4.57 Å². The molecule has 3 aromatic rings. The van der Waals surface area contributed by atoms with E-state index in [1.807, 2.05) is 6.07 Å². The predicted octanol–water partition coefficient (Wildman–Crippen LogP) is 3.17. The SMILES string of the molecule is Cn1c(C=Cc2ccccc2)[n+](C)c2ccccc21. The number of benzene rings is 2. The van der Waals surface area contributed by atoms with Crippen LogP contribution >= 0.6 is 0 Å². The zero-order chi connectivity index (χ0) is 13.2. The second kappa shape index (κ2) is 4.73. The smallest absolute Gasteiger partial charge is 0.226 e. The van der Waals surface area contributed by atoms with Gasteiger partial charge in [-0.1, -0.05) is 42.5 Å². The van der Waals surface area contributed by atoms with Crippen LogP contribution in [-0.2, 0) is 14.1 Å². The predicted molar refractivity (Wildman–Crippen MR) is 79.5 cm³/mol. The molecule has 0 aliphatic carbocycles. The van der Waals surface area contributed by atoms with Crippen molar-refractivity contribution in [3.8, 4) is 0 Å². The van der Waals surface area contributed by atoms with Crippen molar-refractivity contribution < 1.29 is 4.57 Å². The minimum absolute atomic E-state index is 1.19. The van der Waals surface area contributed by atoms with Gasteiger partial charge in [-0.2, -0.15) is 0 Å². The minimum atomic E-state index is 1.19. The lowest BCUT2D eigenvalue weighted by Crippen LogP contribution is -2.30. The number of imidazole rings is 1. The van der Waals surface area contributed by atoms with Gasteiger partial charge in [0.05, 0.1) is 14.1 Å². The molecular formula is C17H17N2+. The van der Waals surface area contributed by atoms with Crippen molar-refractivity contribution >= 4 is 23.2 Å². The van der Waals surface area contributed by atoms with Crippen LogP contribution in [0.2, 0.25) is 0 Å². The third-order valence-corrected chi connectivity index (χ3v) is 3.52. The highest BCUT2D eigenvalue weighted by Gasteiger charge is 2.16. The van der Waals surface area contributed by atoms with E-state index < -0.39 is 0 Å². The maximum atomic E-state index is 2.22. The second-order valence-electron chi connectivity index (χ2n) is 4.71. The summed E-state index contributed by atoms with van der Waals surface area (Å²) in [5.41, 5.74) is 3.71. The lowest BCUT2D eigenvalue weighted by atomic mass is 10.2. The molecule has 3 rings (SSSR count). The minimum Gasteiger partial charge on any atom is -0.226 e. The first-order chi connectivity index (χ1) is 9.27. The topological polar surface area (TPSA) is 8.81 Å². The van der Waals surface area contributed by atoms with Crippen molar-refractivity contribution in [2.75, 3.05) is 0 Å². The van der Waals surface area contributed by atoms with Crippen molar-refractivity contribution in [3.63, 3.8) is 0 Å². The van der Waals surface area contributed by atoms with Crippen LogP contribution in [0.15, 0.2) is 54.6 Å². The molecule has 0 atom stereocenters. The maximum absolute atomic E-state index is 2.22. The van der Waals surface area contributed by atoms with Gasteiger partial charge in [0.2, 0.25) is 0 Å². The molecule has 2 aromatic carbocycles. The van der Waals surface area contributed by atoms with Crippen LogP contribution < -0.4 is 4.57 Å². The fourth-order valence-electron chi connectivity index (χ4n) is 2.46. The summed E-state index contributed by atoms with van der Waals surface area (Å²) in [6.45, 7) is 0. The molecule has 2 heteroatoms. The summed E-state index contributed by atoms with van der Waals surface area (Å²) in [5, 5.41) is 0. The molecule has 0 spiro atoms. The third kappa shape index (κ3) is 2.06. The van der Waals surface area contributed by atoms with Crippen LogP contribution in [0.4, 0.5) is 0 Å². The lowest BCUT2D eigenvalue weighted by molar-refractivity contribution is -0.647. The normalized spacial score (nSPS) is 11.5. The molecule has 94 valence electrons. The Hall–Kier alpha value is -2.35. The Morgan fingerprint density at radius 2 is 1.58 bits per heavy atom. The number of hydrogen-bond donors (Lipinski definition) is 0. The average molecular weight is 249 g/mol. The van der Waals surface area contributed by atoms with Gasteiger partial charge in [0.25, 0.3) is 5.82 Å². The molecule has 0 N–H and O–H groups in total. The van der Waals surface area contributed by atoms with Gasteiger partial charge in [-0.15, -0.1) is 0 Å². The molecule has 0 radical (unpaired) electrons. The second-order valence-corrected chi connectivity index (χ2v) is 4.71. The molecule has 0 unspecified atom stereocenters. The van der Waals surface area contributed by atoms with E-state index in [1.165, 1.54) is 22.4 Å². The third-order valence-electron chi connectivity index (χ3n) is 3.52. The van der Waals surface area contributed by atoms with Crippen molar-refractivity contribution in [2.45, 2.75) is 0 Å². The number of fused-ring (bicyclic) bond motifs is 1. The molecule has 1 aromatic heterocycles. The Kier molecular flexibility index (Phi) is 2.92. The molecule has 19 heavy (non-hydrogen) atoms. The van der Waals surface area contributed by atoms with Crippen molar-refractivity contribution in [3.05, 3.63) is 66.0 Å². The van der Waals surface area contributed by atoms with Gasteiger partial charge >= 0.3 is 0 Å². The monoisotopic (exact) mass is 249 g/mol. The zero-order valence-electron chi connectivity index (χ0n) is 11.2. The van der Waals surface area contributed by atoms with E-state index in [4.69, 9.17) is 0 Å². The van der Waals surface area contributed by atoms with Crippen LogP contribution in [0, 0.1) is 0 Å². The van der Waals surface area contributed by atoms with Gasteiger partial charge < -0.3 is 0 Å². The Bertz CT molecular complexity index is 698. The molecule has 0 aliphatic rings. The van der Waals surface area contributed by atoms with E-state index in [0.717, 1.165) is 0 Å². The highest BCUT2D eigenvalue weighted by molar-refractivity contribution is 5.75. The summed E-state index contributed by atoms with van der Waals surface area (Å²) in [4.78, 5) is 0. The van der Waals surface area contributed by atoms with Gasteiger partial charge in [0, 0.05) is 6.08 Å². The maximum Gasteiger partial charge on any atom is 0.281 e. The molecule has 0 saturated heterocycles. The number of rotatable bonds is 2. The van der Waals surface area contributed by atoms with E-state index in [2.05, 4.69) is 83.9 Å². The summed E-state index contributed by atoms with van der Waals surface area (Å²) >= 11 is 0. The molecular weight excluding hydrogens is 232 g/mol. The standard InChI is InChI=1S/C17H17N2/c1-18-15-10-6-7-11-16(15)19(2)17(18)13-12-14-8-4-3-5-9-14/h3-13H,1-2H3/q+1. The highest BCUT2D eigenvalue weighted by atomic mass is 15.1. The van der Waals surface area contributed by atoms with E-state index >= 15 is 0 Å². The first-order valence-corrected chi connectivity index (χ1v) is 6.44. The Morgan fingerprint density at radius 3 is 2.32 bits per heavy atom. The van der Waals surface area contributed by atoms with Crippen molar-refractivity contribution in [2.24, 2.45) is 14.1 Å². The van der Waals surface area contributed by atoms with Crippen molar-refractivity contribution in [1.29, 1.82) is 0 Å². The Morgan fingerprint density at radius 1 is 0.895 bits per heavy atom. The van der Waals surface area contributed by atoms with Crippen LogP contribution in [0.25, 0.3) is 23.2 Å². The first-order valence-electron chi connectivity index (χ1n) is 6.44. The molecule has 0 aliphatic heterocycles.